The van der Waals surface area contributed by atoms with Gasteiger partial charge in [0.05, 0.1) is 10.3 Å². The minimum atomic E-state index is -3.67. The van der Waals surface area contributed by atoms with Crippen LogP contribution >= 0.6 is 11.6 Å². The Morgan fingerprint density at radius 2 is 1.86 bits per heavy atom. The Kier molecular flexibility index (Phi) is 3.03. The van der Waals surface area contributed by atoms with E-state index in [2.05, 4.69) is 0 Å². The van der Waals surface area contributed by atoms with Crippen LogP contribution in [0.25, 0.3) is 0 Å². The first-order valence-electron chi connectivity index (χ1n) is 3.58. The molecule has 3 N–H and O–H groups in total. The standard InChI is InChI=1S/C8H8ClNO3S/c9-6-1-3-7(4-2-6)14(12,13)5-8(10)11/h1-5,11H,10H2/b8-5-. The van der Waals surface area contributed by atoms with Gasteiger partial charge in [0.15, 0.2) is 5.88 Å². The van der Waals surface area contributed by atoms with Crippen molar-refractivity contribution in [3.05, 3.63) is 40.6 Å². The normalized spacial score (nSPS) is 12.8. The molecule has 1 rings (SSSR count). The second-order valence-corrected chi connectivity index (χ2v) is 4.78. The van der Waals surface area contributed by atoms with Gasteiger partial charge in [-0.15, -0.1) is 0 Å². The second kappa shape index (κ2) is 3.89. The Morgan fingerprint density at radius 1 is 1.36 bits per heavy atom. The van der Waals surface area contributed by atoms with Gasteiger partial charge in [-0.25, -0.2) is 8.42 Å². The van der Waals surface area contributed by atoms with Crippen molar-refractivity contribution in [1.29, 1.82) is 0 Å². The minimum Gasteiger partial charge on any atom is -0.494 e. The summed E-state index contributed by atoms with van der Waals surface area (Å²) in [6.45, 7) is 0. The van der Waals surface area contributed by atoms with Gasteiger partial charge in [0, 0.05) is 5.02 Å². The van der Waals surface area contributed by atoms with Crippen LogP contribution in [-0.2, 0) is 9.84 Å². The maximum atomic E-state index is 11.4. The summed E-state index contributed by atoms with van der Waals surface area (Å²) in [6, 6.07) is 5.54. The lowest BCUT2D eigenvalue weighted by Crippen LogP contribution is -2.02. The Bertz CT molecular complexity index is 446. The van der Waals surface area contributed by atoms with E-state index in [9.17, 15) is 8.42 Å². The third-order valence-electron chi connectivity index (χ3n) is 1.42. The molecule has 1 aromatic carbocycles. The van der Waals surface area contributed by atoms with Crippen molar-refractivity contribution in [2.45, 2.75) is 4.90 Å². The summed E-state index contributed by atoms with van der Waals surface area (Å²) in [5, 5.41) is 9.65. The minimum absolute atomic E-state index is 0.0268. The van der Waals surface area contributed by atoms with E-state index in [-0.39, 0.29) is 4.90 Å². The first kappa shape index (κ1) is 10.9. The molecule has 0 saturated carbocycles. The van der Waals surface area contributed by atoms with Crippen molar-refractivity contribution < 1.29 is 13.5 Å². The van der Waals surface area contributed by atoms with Gasteiger partial charge in [-0.3, -0.25) is 0 Å². The molecule has 0 aliphatic rings. The van der Waals surface area contributed by atoms with Gasteiger partial charge >= 0.3 is 0 Å². The van der Waals surface area contributed by atoms with Gasteiger partial charge in [-0.2, -0.15) is 0 Å². The number of benzene rings is 1. The van der Waals surface area contributed by atoms with Gasteiger partial charge in [0.1, 0.15) is 0 Å². The molecule has 6 heteroatoms. The zero-order valence-electron chi connectivity index (χ0n) is 7.01. The quantitative estimate of drug-likeness (QED) is 0.758. The van der Waals surface area contributed by atoms with Crippen molar-refractivity contribution >= 4 is 21.4 Å². The number of hydrogen-bond donors (Lipinski definition) is 2. The van der Waals surface area contributed by atoms with E-state index in [0.29, 0.717) is 10.4 Å². The molecule has 0 aliphatic heterocycles. The average molecular weight is 234 g/mol. The Hall–Kier alpha value is -1.20. The number of nitrogens with two attached hydrogens (primary N) is 1. The first-order valence-corrected chi connectivity index (χ1v) is 5.51. The maximum absolute atomic E-state index is 11.4. The lowest BCUT2D eigenvalue weighted by atomic mass is 10.4. The number of rotatable bonds is 2. The predicted molar refractivity (Wildman–Crippen MR) is 53.5 cm³/mol. The molecular weight excluding hydrogens is 226 g/mol. The fraction of sp³-hybridized carbons (Fsp3) is 0. The van der Waals surface area contributed by atoms with Crippen LogP contribution in [0.4, 0.5) is 0 Å². The van der Waals surface area contributed by atoms with Crippen LogP contribution in [0.2, 0.25) is 5.02 Å². The lowest BCUT2D eigenvalue weighted by Gasteiger charge is -1.98. The molecule has 0 heterocycles. The van der Waals surface area contributed by atoms with Gasteiger partial charge in [-0.1, -0.05) is 11.6 Å². The van der Waals surface area contributed by atoms with Gasteiger partial charge < -0.3 is 10.8 Å². The van der Waals surface area contributed by atoms with Crippen LogP contribution < -0.4 is 5.73 Å². The Balaban J connectivity index is 3.18. The second-order valence-electron chi connectivity index (χ2n) is 2.54. The SMILES string of the molecule is N/C(O)=C/S(=O)(=O)c1ccc(Cl)cc1. The largest absolute Gasteiger partial charge is 0.494 e. The average Bonchev–Trinajstić information content (AvgIpc) is 2.02. The van der Waals surface area contributed by atoms with E-state index in [1.54, 1.807) is 0 Å². The number of aliphatic hydroxyl groups is 1. The van der Waals surface area contributed by atoms with E-state index in [4.69, 9.17) is 22.4 Å². The van der Waals surface area contributed by atoms with Crippen LogP contribution in [-0.4, -0.2) is 13.5 Å². The van der Waals surface area contributed by atoms with E-state index >= 15 is 0 Å². The van der Waals surface area contributed by atoms with Crippen molar-refractivity contribution in [3.8, 4) is 0 Å². The molecule has 0 unspecified atom stereocenters. The highest BCUT2D eigenvalue weighted by atomic mass is 35.5. The topological polar surface area (TPSA) is 80.4 Å². The summed E-state index contributed by atoms with van der Waals surface area (Å²) in [5.74, 6) is -0.750. The lowest BCUT2D eigenvalue weighted by molar-refractivity contribution is 0.406. The first-order chi connectivity index (χ1) is 6.42. The molecule has 0 aromatic heterocycles. The van der Waals surface area contributed by atoms with Crippen molar-refractivity contribution in [1.82, 2.24) is 0 Å². The fourth-order valence-corrected chi connectivity index (χ4v) is 1.95. The number of aliphatic hydroxyl groups excluding tert-OH is 1. The summed E-state index contributed by atoms with van der Waals surface area (Å²) in [4.78, 5) is 0.0268. The van der Waals surface area contributed by atoms with Crippen LogP contribution in [0.15, 0.2) is 40.5 Å². The van der Waals surface area contributed by atoms with Crippen LogP contribution in [0.1, 0.15) is 0 Å². The summed E-state index contributed by atoms with van der Waals surface area (Å²) in [7, 11) is -3.67. The van der Waals surface area contributed by atoms with Crippen molar-refractivity contribution in [2.75, 3.05) is 0 Å². The van der Waals surface area contributed by atoms with Gasteiger partial charge in [-0.05, 0) is 24.3 Å². The van der Waals surface area contributed by atoms with E-state index in [0.717, 1.165) is 0 Å². The number of hydrogen-bond acceptors (Lipinski definition) is 4. The molecular formula is C8H8ClNO3S. The highest BCUT2D eigenvalue weighted by molar-refractivity contribution is 7.94. The smallest absolute Gasteiger partial charge is 0.204 e. The van der Waals surface area contributed by atoms with Crippen LogP contribution in [0, 0.1) is 0 Å². The molecule has 0 bridgehead atoms. The summed E-state index contributed by atoms with van der Waals surface area (Å²) in [6.07, 6.45) is 0. The molecule has 76 valence electrons. The molecule has 0 amide bonds. The summed E-state index contributed by atoms with van der Waals surface area (Å²) >= 11 is 5.58. The number of sulfone groups is 1. The molecule has 0 aliphatic carbocycles. The van der Waals surface area contributed by atoms with Crippen molar-refractivity contribution in [3.63, 3.8) is 0 Å². The molecule has 4 nitrogen and oxygen atoms in total. The highest BCUT2D eigenvalue weighted by Gasteiger charge is 2.11. The summed E-state index contributed by atoms with van der Waals surface area (Å²) < 4.78 is 22.8. The third kappa shape index (κ3) is 2.65. The molecule has 14 heavy (non-hydrogen) atoms. The molecule has 0 spiro atoms. The summed E-state index contributed by atoms with van der Waals surface area (Å²) in [5.41, 5.74) is 4.86. The zero-order valence-corrected chi connectivity index (χ0v) is 8.59. The van der Waals surface area contributed by atoms with Crippen LogP contribution in [0.3, 0.4) is 0 Å². The molecule has 1 aromatic rings. The fourth-order valence-electron chi connectivity index (χ4n) is 0.851. The van der Waals surface area contributed by atoms with Crippen molar-refractivity contribution in [2.24, 2.45) is 5.73 Å². The molecule has 0 radical (unpaired) electrons. The Morgan fingerprint density at radius 3 is 2.29 bits per heavy atom. The van der Waals surface area contributed by atoms with Gasteiger partial charge in [0.2, 0.25) is 9.84 Å². The zero-order chi connectivity index (χ0) is 10.8. The van der Waals surface area contributed by atoms with E-state index < -0.39 is 15.7 Å². The van der Waals surface area contributed by atoms with Crippen LogP contribution in [0.5, 0.6) is 0 Å². The molecule has 0 atom stereocenters. The maximum Gasteiger partial charge on any atom is 0.204 e. The highest BCUT2D eigenvalue weighted by Crippen LogP contribution is 2.16. The molecule has 0 saturated heterocycles. The predicted octanol–water partition coefficient (Wildman–Crippen LogP) is 1.43. The third-order valence-corrected chi connectivity index (χ3v) is 3.15. The monoisotopic (exact) mass is 233 g/mol. The van der Waals surface area contributed by atoms with E-state index in [1.807, 2.05) is 0 Å². The van der Waals surface area contributed by atoms with Gasteiger partial charge in [0.25, 0.3) is 0 Å². The number of halogens is 1. The van der Waals surface area contributed by atoms with E-state index in [1.165, 1.54) is 24.3 Å². The molecule has 0 fully saturated rings. The Labute approximate surface area is 86.5 Å².